The van der Waals surface area contributed by atoms with Crippen molar-refractivity contribution in [1.82, 2.24) is 0 Å². The molecule has 88 valence electrons. The highest BCUT2D eigenvalue weighted by Crippen LogP contribution is 2.22. The third-order valence-corrected chi connectivity index (χ3v) is 2.51. The quantitative estimate of drug-likeness (QED) is 0.763. The zero-order valence-corrected chi connectivity index (χ0v) is 10.00. The number of hydrogen-bond donors (Lipinski definition) is 2. The van der Waals surface area contributed by atoms with Gasteiger partial charge in [0.1, 0.15) is 5.82 Å². The van der Waals surface area contributed by atoms with E-state index in [2.05, 4.69) is 20.8 Å². The van der Waals surface area contributed by atoms with E-state index in [0.717, 1.165) is 6.42 Å². The third-order valence-electron chi connectivity index (χ3n) is 2.51. The smallest absolute Gasteiger partial charge is 0.423 e. The Morgan fingerprint density at radius 3 is 2.38 bits per heavy atom. The van der Waals surface area contributed by atoms with Crippen molar-refractivity contribution < 1.29 is 14.4 Å². The van der Waals surface area contributed by atoms with Crippen LogP contribution in [0.4, 0.5) is 4.39 Å². The summed E-state index contributed by atoms with van der Waals surface area (Å²) in [5.41, 5.74) is 1.02. The molecule has 0 amide bonds. The van der Waals surface area contributed by atoms with Crippen LogP contribution in [0.2, 0.25) is 0 Å². The first-order valence-corrected chi connectivity index (χ1v) is 5.44. The second-order valence-electron chi connectivity index (χ2n) is 5.29. The second-order valence-corrected chi connectivity index (χ2v) is 5.29. The molecule has 1 aromatic carbocycles. The lowest BCUT2D eigenvalue weighted by molar-refractivity contribution is 0.375. The van der Waals surface area contributed by atoms with E-state index in [1.54, 1.807) is 0 Å². The fourth-order valence-electron chi connectivity index (χ4n) is 1.46. The summed E-state index contributed by atoms with van der Waals surface area (Å²) in [7, 11) is -1.53. The molecule has 0 spiro atoms. The van der Waals surface area contributed by atoms with E-state index in [9.17, 15) is 4.39 Å². The zero-order chi connectivity index (χ0) is 12.3. The van der Waals surface area contributed by atoms with Gasteiger partial charge in [-0.1, -0.05) is 32.9 Å². The lowest BCUT2D eigenvalue weighted by atomic mass is 9.78. The summed E-state index contributed by atoms with van der Waals surface area (Å²) in [5.74, 6) is -0.284. The standard InChI is InChI=1S/C12H18BFO2/c1-12(2,3)7-6-9-8-10(13(15)16)4-5-11(9)14/h4-5,8,15-16H,6-7H2,1-3H3. The van der Waals surface area contributed by atoms with Crippen LogP contribution in [-0.4, -0.2) is 17.2 Å². The van der Waals surface area contributed by atoms with Gasteiger partial charge in [0, 0.05) is 0 Å². The van der Waals surface area contributed by atoms with Gasteiger partial charge in [0.2, 0.25) is 0 Å². The van der Waals surface area contributed by atoms with Crippen LogP contribution in [-0.2, 0) is 6.42 Å². The van der Waals surface area contributed by atoms with E-state index in [0.29, 0.717) is 17.4 Å². The van der Waals surface area contributed by atoms with Gasteiger partial charge in [-0.25, -0.2) is 4.39 Å². The molecule has 0 saturated carbocycles. The molecule has 4 heteroatoms. The molecule has 0 fully saturated rings. The van der Waals surface area contributed by atoms with Crippen LogP contribution in [0.1, 0.15) is 32.8 Å². The van der Waals surface area contributed by atoms with Crippen LogP contribution in [0, 0.1) is 11.2 Å². The first-order chi connectivity index (χ1) is 7.29. The zero-order valence-electron chi connectivity index (χ0n) is 10.00. The summed E-state index contributed by atoms with van der Waals surface area (Å²) in [4.78, 5) is 0. The van der Waals surface area contributed by atoms with Gasteiger partial charge in [-0.2, -0.15) is 0 Å². The van der Waals surface area contributed by atoms with E-state index in [1.165, 1.54) is 18.2 Å². The van der Waals surface area contributed by atoms with Gasteiger partial charge in [0.15, 0.2) is 0 Å². The summed E-state index contributed by atoms with van der Waals surface area (Å²) in [6.07, 6.45) is 1.46. The van der Waals surface area contributed by atoms with Crippen LogP contribution < -0.4 is 5.46 Å². The van der Waals surface area contributed by atoms with Crippen LogP contribution in [0.15, 0.2) is 18.2 Å². The van der Waals surface area contributed by atoms with Crippen LogP contribution in [0.5, 0.6) is 0 Å². The number of rotatable bonds is 3. The largest absolute Gasteiger partial charge is 0.488 e. The first kappa shape index (κ1) is 13.2. The summed E-state index contributed by atoms with van der Waals surface area (Å²) < 4.78 is 13.4. The minimum atomic E-state index is -1.53. The highest BCUT2D eigenvalue weighted by Gasteiger charge is 2.15. The maximum absolute atomic E-state index is 13.4. The average molecular weight is 224 g/mol. The maximum atomic E-state index is 13.4. The van der Waals surface area contributed by atoms with Gasteiger partial charge in [-0.05, 0) is 35.3 Å². The van der Waals surface area contributed by atoms with Crippen molar-refractivity contribution in [1.29, 1.82) is 0 Å². The van der Waals surface area contributed by atoms with Gasteiger partial charge in [0.25, 0.3) is 0 Å². The molecule has 0 saturated heterocycles. The van der Waals surface area contributed by atoms with E-state index in [1.807, 2.05) is 0 Å². The summed E-state index contributed by atoms with van der Waals surface area (Å²) in [6.45, 7) is 6.28. The Morgan fingerprint density at radius 1 is 1.25 bits per heavy atom. The van der Waals surface area contributed by atoms with Crippen LogP contribution in [0.25, 0.3) is 0 Å². The SMILES string of the molecule is CC(C)(C)CCc1cc(B(O)O)ccc1F. The average Bonchev–Trinajstić information content (AvgIpc) is 2.14. The Morgan fingerprint density at radius 2 is 1.88 bits per heavy atom. The van der Waals surface area contributed by atoms with Gasteiger partial charge < -0.3 is 10.0 Å². The third kappa shape index (κ3) is 3.95. The van der Waals surface area contributed by atoms with E-state index in [4.69, 9.17) is 10.0 Å². The topological polar surface area (TPSA) is 40.5 Å². The maximum Gasteiger partial charge on any atom is 0.488 e. The van der Waals surface area contributed by atoms with Crippen molar-refractivity contribution >= 4 is 12.6 Å². The molecular formula is C12H18BFO2. The highest BCUT2D eigenvalue weighted by molar-refractivity contribution is 6.58. The van der Waals surface area contributed by atoms with Gasteiger partial charge in [-0.15, -0.1) is 0 Å². The molecular weight excluding hydrogens is 206 g/mol. The minimum absolute atomic E-state index is 0.139. The van der Waals surface area contributed by atoms with Crippen LogP contribution >= 0.6 is 0 Å². The van der Waals surface area contributed by atoms with Crippen molar-refractivity contribution in [2.75, 3.05) is 0 Å². The fourth-order valence-corrected chi connectivity index (χ4v) is 1.46. The second kappa shape index (κ2) is 4.98. The lowest BCUT2D eigenvalue weighted by Crippen LogP contribution is -2.30. The molecule has 0 atom stereocenters. The molecule has 0 bridgehead atoms. The van der Waals surface area contributed by atoms with E-state index >= 15 is 0 Å². The molecule has 0 aliphatic carbocycles. The number of halogens is 1. The summed E-state index contributed by atoms with van der Waals surface area (Å²) >= 11 is 0. The normalized spacial score (nSPS) is 11.6. The Kier molecular flexibility index (Phi) is 4.11. The fraction of sp³-hybridized carbons (Fsp3) is 0.500. The van der Waals surface area contributed by atoms with Crippen molar-refractivity contribution in [2.45, 2.75) is 33.6 Å². The van der Waals surface area contributed by atoms with Gasteiger partial charge in [0.05, 0.1) is 0 Å². The minimum Gasteiger partial charge on any atom is -0.423 e. The monoisotopic (exact) mass is 224 g/mol. The predicted octanol–water partition coefficient (Wildman–Crippen LogP) is 1.48. The molecule has 0 radical (unpaired) electrons. The highest BCUT2D eigenvalue weighted by atomic mass is 19.1. The molecule has 0 aliphatic heterocycles. The molecule has 0 aliphatic rings. The van der Waals surface area contributed by atoms with E-state index < -0.39 is 7.12 Å². The number of aryl methyl sites for hydroxylation is 1. The first-order valence-electron chi connectivity index (χ1n) is 5.44. The number of benzene rings is 1. The Hall–Kier alpha value is -0.865. The van der Waals surface area contributed by atoms with Crippen LogP contribution in [0.3, 0.4) is 0 Å². The lowest BCUT2D eigenvalue weighted by Gasteiger charge is -2.18. The van der Waals surface area contributed by atoms with Gasteiger partial charge >= 0.3 is 7.12 Å². The molecule has 0 aromatic heterocycles. The summed E-state index contributed by atoms with van der Waals surface area (Å²) in [6, 6.07) is 4.19. The Balaban J connectivity index is 2.82. The van der Waals surface area contributed by atoms with Gasteiger partial charge in [-0.3, -0.25) is 0 Å². The molecule has 2 nitrogen and oxygen atoms in total. The molecule has 0 heterocycles. The van der Waals surface area contributed by atoms with Crippen molar-refractivity contribution in [3.63, 3.8) is 0 Å². The molecule has 1 rings (SSSR count). The van der Waals surface area contributed by atoms with Crippen molar-refractivity contribution in [3.05, 3.63) is 29.6 Å². The molecule has 0 unspecified atom stereocenters. The van der Waals surface area contributed by atoms with Crippen molar-refractivity contribution in [2.24, 2.45) is 5.41 Å². The molecule has 16 heavy (non-hydrogen) atoms. The Bertz CT molecular complexity index is 359. The van der Waals surface area contributed by atoms with E-state index in [-0.39, 0.29) is 11.2 Å². The number of hydrogen-bond acceptors (Lipinski definition) is 2. The molecule has 2 N–H and O–H groups in total. The summed E-state index contributed by atoms with van der Waals surface area (Å²) in [5, 5.41) is 18.0. The Labute approximate surface area is 96.3 Å². The predicted molar refractivity (Wildman–Crippen MR) is 64.0 cm³/mol. The molecule has 1 aromatic rings. The van der Waals surface area contributed by atoms with Crippen molar-refractivity contribution in [3.8, 4) is 0 Å².